The van der Waals surface area contributed by atoms with Gasteiger partial charge in [0.25, 0.3) is 5.69 Å². The summed E-state index contributed by atoms with van der Waals surface area (Å²) in [5, 5.41) is 13.6. The maximum Gasteiger partial charge on any atom is 0.338 e. The number of benzene rings is 1. The lowest BCUT2D eigenvalue weighted by Crippen LogP contribution is -2.05. The molecule has 0 aliphatic heterocycles. The topological polar surface area (TPSA) is 81.5 Å². The molecule has 1 aromatic carbocycles. The Bertz CT molecular complexity index is 487. The Labute approximate surface area is 131 Å². The van der Waals surface area contributed by atoms with Crippen LogP contribution < -0.4 is 5.32 Å². The zero-order valence-electron chi connectivity index (χ0n) is 13.3. The van der Waals surface area contributed by atoms with Gasteiger partial charge in [0, 0.05) is 12.6 Å². The minimum atomic E-state index is -0.592. The first kappa shape index (κ1) is 17.9. The van der Waals surface area contributed by atoms with Crippen LogP contribution in [0, 0.1) is 10.1 Å². The van der Waals surface area contributed by atoms with Crippen LogP contribution in [0.25, 0.3) is 0 Å². The molecule has 1 aliphatic carbocycles. The lowest BCUT2D eigenvalue weighted by atomic mass is 10.0. The van der Waals surface area contributed by atoms with Crippen LogP contribution >= 0.6 is 0 Å². The predicted octanol–water partition coefficient (Wildman–Crippen LogP) is 4.15. The molecule has 6 heteroatoms. The van der Waals surface area contributed by atoms with Gasteiger partial charge in [0.2, 0.25) is 0 Å². The molecule has 0 aromatic heterocycles. The Kier molecular flexibility index (Phi) is 7.96. The molecule has 1 aromatic rings. The summed E-state index contributed by atoms with van der Waals surface area (Å²) in [4.78, 5) is 21.4. The number of hydrogen-bond acceptors (Lipinski definition) is 5. The summed E-state index contributed by atoms with van der Waals surface area (Å²) < 4.78 is 4.49. The SMILES string of the molecule is C1CCCCC1.CCNc1ccc(C(=O)OC)cc1[N+](=O)[O-]. The fourth-order valence-corrected chi connectivity index (χ4v) is 2.33. The molecule has 1 aliphatic rings. The summed E-state index contributed by atoms with van der Waals surface area (Å²) in [5.41, 5.74) is 0.417. The van der Waals surface area contributed by atoms with Crippen LogP contribution in [0.4, 0.5) is 11.4 Å². The summed E-state index contributed by atoms with van der Waals surface area (Å²) in [5.74, 6) is -0.592. The second kappa shape index (κ2) is 9.76. The molecule has 1 fully saturated rings. The number of nitrogens with zero attached hydrogens (tertiary/aromatic N) is 1. The fraction of sp³-hybridized carbons (Fsp3) is 0.562. The minimum absolute atomic E-state index is 0.134. The van der Waals surface area contributed by atoms with E-state index in [0.717, 1.165) is 0 Å². The van der Waals surface area contributed by atoms with Crippen molar-refractivity contribution in [2.24, 2.45) is 0 Å². The zero-order chi connectivity index (χ0) is 16.4. The standard InChI is InChI=1S/C10H12N2O4.C6H12/c1-3-11-8-5-4-7(10(13)16-2)6-9(8)12(14)15;1-2-4-6-5-3-1/h4-6,11H,3H2,1-2H3;1-6H2. The Morgan fingerprint density at radius 2 is 1.77 bits per heavy atom. The van der Waals surface area contributed by atoms with E-state index in [1.807, 2.05) is 6.92 Å². The molecule has 0 heterocycles. The second-order valence-electron chi connectivity index (χ2n) is 5.13. The van der Waals surface area contributed by atoms with Crippen LogP contribution in [0.5, 0.6) is 0 Å². The normalized spacial score (nSPS) is 13.5. The molecular formula is C16H24N2O4. The number of rotatable bonds is 4. The van der Waals surface area contributed by atoms with Crippen molar-refractivity contribution in [1.29, 1.82) is 0 Å². The van der Waals surface area contributed by atoms with Crippen LogP contribution in [-0.4, -0.2) is 24.5 Å². The number of esters is 1. The number of carbonyl (C=O) groups excluding carboxylic acids is 1. The molecule has 0 radical (unpaired) electrons. The first-order chi connectivity index (χ1) is 10.6. The number of carbonyl (C=O) groups is 1. The van der Waals surface area contributed by atoms with Crippen molar-refractivity contribution < 1.29 is 14.5 Å². The second-order valence-corrected chi connectivity index (χ2v) is 5.13. The smallest absolute Gasteiger partial charge is 0.338 e. The fourth-order valence-electron chi connectivity index (χ4n) is 2.33. The highest BCUT2D eigenvalue weighted by Crippen LogP contribution is 2.25. The molecule has 1 N–H and O–H groups in total. The van der Waals surface area contributed by atoms with Gasteiger partial charge in [0.15, 0.2) is 0 Å². The number of nitrogens with one attached hydrogen (secondary N) is 1. The van der Waals surface area contributed by atoms with Gasteiger partial charge >= 0.3 is 5.97 Å². The molecule has 2 rings (SSSR count). The lowest BCUT2D eigenvalue weighted by molar-refractivity contribution is -0.384. The van der Waals surface area contributed by atoms with Gasteiger partial charge in [-0.1, -0.05) is 38.5 Å². The maximum atomic E-state index is 11.2. The Balaban J connectivity index is 0.000000335. The summed E-state index contributed by atoms with van der Waals surface area (Å²) in [6.45, 7) is 2.40. The van der Waals surface area contributed by atoms with Crippen molar-refractivity contribution in [2.75, 3.05) is 19.0 Å². The van der Waals surface area contributed by atoms with E-state index in [0.29, 0.717) is 12.2 Å². The molecule has 0 amide bonds. The molecule has 0 atom stereocenters. The largest absolute Gasteiger partial charge is 0.465 e. The average Bonchev–Trinajstić information content (AvgIpc) is 2.56. The van der Waals surface area contributed by atoms with Crippen molar-refractivity contribution in [3.8, 4) is 0 Å². The van der Waals surface area contributed by atoms with Crippen molar-refractivity contribution in [3.05, 3.63) is 33.9 Å². The third-order valence-corrected chi connectivity index (χ3v) is 3.48. The summed E-state index contributed by atoms with van der Waals surface area (Å²) in [6, 6.07) is 4.18. The Hall–Kier alpha value is -2.11. The van der Waals surface area contributed by atoms with Crippen molar-refractivity contribution in [3.63, 3.8) is 0 Å². The van der Waals surface area contributed by atoms with Gasteiger partial charge in [-0.2, -0.15) is 0 Å². The van der Waals surface area contributed by atoms with E-state index in [4.69, 9.17) is 0 Å². The highest BCUT2D eigenvalue weighted by atomic mass is 16.6. The van der Waals surface area contributed by atoms with E-state index < -0.39 is 10.9 Å². The van der Waals surface area contributed by atoms with Gasteiger partial charge in [0.05, 0.1) is 17.6 Å². The zero-order valence-corrected chi connectivity index (χ0v) is 13.3. The van der Waals surface area contributed by atoms with Gasteiger partial charge in [-0.15, -0.1) is 0 Å². The molecule has 22 heavy (non-hydrogen) atoms. The van der Waals surface area contributed by atoms with Gasteiger partial charge in [-0.3, -0.25) is 10.1 Å². The summed E-state index contributed by atoms with van der Waals surface area (Å²) >= 11 is 0. The highest BCUT2D eigenvalue weighted by molar-refractivity contribution is 5.91. The highest BCUT2D eigenvalue weighted by Gasteiger charge is 2.17. The molecule has 1 saturated carbocycles. The molecule has 0 saturated heterocycles. The number of methoxy groups -OCH3 is 1. The molecule has 0 spiro atoms. The minimum Gasteiger partial charge on any atom is -0.465 e. The first-order valence-electron chi connectivity index (χ1n) is 7.70. The van der Waals surface area contributed by atoms with Gasteiger partial charge in [-0.05, 0) is 19.1 Å². The van der Waals surface area contributed by atoms with Crippen LogP contribution in [-0.2, 0) is 4.74 Å². The van der Waals surface area contributed by atoms with E-state index in [1.165, 1.54) is 63.8 Å². The molecule has 0 unspecified atom stereocenters. The summed E-state index contributed by atoms with van der Waals surface area (Å²) in [6.07, 6.45) is 9.00. The Morgan fingerprint density at radius 3 is 2.18 bits per heavy atom. The maximum absolute atomic E-state index is 11.2. The molecule has 6 nitrogen and oxygen atoms in total. The van der Waals surface area contributed by atoms with E-state index in [1.54, 1.807) is 0 Å². The van der Waals surface area contributed by atoms with Crippen LogP contribution in [0.15, 0.2) is 18.2 Å². The number of hydrogen-bond donors (Lipinski definition) is 1. The predicted molar refractivity (Wildman–Crippen MR) is 86.3 cm³/mol. The van der Waals surface area contributed by atoms with Gasteiger partial charge in [-0.25, -0.2) is 4.79 Å². The molecular weight excluding hydrogens is 284 g/mol. The van der Waals surface area contributed by atoms with E-state index in [-0.39, 0.29) is 11.3 Å². The third-order valence-electron chi connectivity index (χ3n) is 3.48. The van der Waals surface area contributed by atoms with Crippen LogP contribution in [0.3, 0.4) is 0 Å². The van der Waals surface area contributed by atoms with Gasteiger partial charge < -0.3 is 10.1 Å². The van der Waals surface area contributed by atoms with E-state index >= 15 is 0 Å². The summed E-state index contributed by atoms with van der Waals surface area (Å²) in [7, 11) is 1.23. The molecule has 0 bridgehead atoms. The monoisotopic (exact) mass is 308 g/mol. The lowest BCUT2D eigenvalue weighted by Gasteiger charge is -2.05. The number of ether oxygens (including phenoxy) is 1. The first-order valence-corrected chi connectivity index (χ1v) is 7.70. The number of nitro benzene ring substituents is 1. The quantitative estimate of drug-likeness (QED) is 0.513. The van der Waals surface area contributed by atoms with E-state index in [2.05, 4.69) is 10.1 Å². The third kappa shape index (κ3) is 5.71. The number of nitro groups is 1. The van der Waals surface area contributed by atoms with Crippen molar-refractivity contribution in [2.45, 2.75) is 45.4 Å². The average molecular weight is 308 g/mol. The Morgan fingerprint density at radius 1 is 1.23 bits per heavy atom. The van der Waals surface area contributed by atoms with Crippen molar-refractivity contribution in [1.82, 2.24) is 0 Å². The van der Waals surface area contributed by atoms with E-state index in [9.17, 15) is 14.9 Å². The van der Waals surface area contributed by atoms with Crippen LogP contribution in [0.1, 0.15) is 55.8 Å². The van der Waals surface area contributed by atoms with Crippen LogP contribution in [0.2, 0.25) is 0 Å². The molecule has 122 valence electrons. The van der Waals surface area contributed by atoms with Crippen molar-refractivity contribution >= 4 is 17.3 Å². The van der Waals surface area contributed by atoms with Gasteiger partial charge in [0.1, 0.15) is 5.69 Å². The number of anilines is 1.